The molecule has 1 aromatic heterocycles. The smallest absolute Gasteiger partial charge is 0.224 e. The number of hydrogen-bond donors (Lipinski definition) is 2. The van der Waals surface area contributed by atoms with Crippen molar-refractivity contribution < 1.29 is 9.18 Å². The molecule has 2 N–H and O–H groups in total. The number of carbonyl (C=O) groups is 1. The third kappa shape index (κ3) is 3.42. The van der Waals surface area contributed by atoms with Crippen LogP contribution in [0.5, 0.6) is 0 Å². The monoisotopic (exact) mass is 310 g/mol. The molecule has 1 heterocycles. The first-order valence-corrected chi connectivity index (χ1v) is 7.62. The molecule has 23 heavy (non-hydrogen) atoms. The second-order valence-electron chi connectivity index (χ2n) is 5.86. The predicted octanol–water partition coefficient (Wildman–Crippen LogP) is 3.78. The lowest BCUT2D eigenvalue weighted by atomic mass is 10.1. The average molecular weight is 310 g/mol. The number of amides is 1. The summed E-state index contributed by atoms with van der Waals surface area (Å²) in [5.74, 6) is -0.363. The van der Waals surface area contributed by atoms with Crippen LogP contribution in [0, 0.1) is 19.7 Å². The first kappa shape index (κ1) is 15.3. The lowest BCUT2D eigenvalue weighted by molar-refractivity contribution is -0.120. The Bertz CT molecular complexity index is 867. The molecule has 0 bridgehead atoms. The van der Waals surface area contributed by atoms with Gasteiger partial charge in [0.1, 0.15) is 5.82 Å². The zero-order valence-corrected chi connectivity index (χ0v) is 13.2. The molecule has 3 rings (SSSR count). The first-order chi connectivity index (χ1) is 11.0. The summed E-state index contributed by atoms with van der Waals surface area (Å²) in [6.07, 6.45) is 0.237. The van der Waals surface area contributed by atoms with E-state index in [0.29, 0.717) is 6.54 Å². The molecular formula is C19H19FN2O. The minimum Gasteiger partial charge on any atom is -0.358 e. The Morgan fingerprint density at radius 1 is 1.17 bits per heavy atom. The van der Waals surface area contributed by atoms with Crippen LogP contribution in [0.25, 0.3) is 10.9 Å². The zero-order valence-electron chi connectivity index (χ0n) is 13.2. The molecule has 0 aliphatic heterocycles. The van der Waals surface area contributed by atoms with Crippen molar-refractivity contribution in [2.24, 2.45) is 0 Å². The molecule has 0 aliphatic carbocycles. The third-order valence-electron chi connectivity index (χ3n) is 3.99. The molecule has 4 heteroatoms. The maximum Gasteiger partial charge on any atom is 0.224 e. The summed E-state index contributed by atoms with van der Waals surface area (Å²) in [6.45, 7) is 4.42. The maximum atomic E-state index is 13.5. The largest absolute Gasteiger partial charge is 0.358 e. The third-order valence-corrected chi connectivity index (χ3v) is 3.99. The summed E-state index contributed by atoms with van der Waals surface area (Å²) in [6, 6.07) is 12.6. The Kier molecular flexibility index (Phi) is 4.15. The fraction of sp³-hybridized carbons (Fsp3) is 0.211. The Morgan fingerprint density at radius 3 is 2.78 bits per heavy atom. The summed E-state index contributed by atoms with van der Waals surface area (Å²) < 4.78 is 13.5. The topological polar surface area (TPSA) is 44.9 Å². The van der Waals surface area contributed by atoms with Gasteiger partial charge < -0.3 is 10.3 Å². The fourth-order valence-electron chi connectivity index (χ4n) is 2.83. The van der Waals surface area contributed by atoms with E-state index < -0.39 is 0 Å². The van der Waals surface area contributed by atoms with Crippen LogP contribution in [0.3, 0.4) is 0 Å². The number of hydrogen-bond acceptors (Lipinski definition) is 1. The van der Waals surface area contributed by atoms with Crippen molar-refractivity contribution >= 4 is 16.8 Å². The van der Waals surface area contributed by atoms with E-state index in [1.807, 2.05) is 38.1 Å². The van der Waals surface area contributed by atoms with Crippen molar-refractivity contribution in [2.45, 2.75) is 26.8 Å². The van der Waals surface area contributed by atoms with Crippen LogP contribution >= 0.6 is 0 Å². The van der Waals surface area contributed by atoms with Crippen LogP contribution in [0.2, 0.25) is 0 Å². The fourth-order valence-corrected chi connectivity index (χ4v) is 2.83. The molecule has 0 saturated heterocycles. The first-order valence-electron chi connectivity index (χ1n) is 7.62. The highest BCUT2D eigenvalue weighted by Crippen LogP contribution is 2.23. The van der Waals surface area contributed by atoms with E-state index in [1.54, 1.807) is 6.07 Å². The molecular weight excluding hydrogens is 291 g/mol. The van der Waals surface area contributed by atoms with E-state index in [0.717, 1.165) is 27.7 Å². The van der Waals surface area contributed by atoms with Crippen LogP contribution in [0.1, 0.15) is 22.4 Å². The van der Waals surface area contributed by atoms with Gasteiger partial charge in [-0.3, -0.25) is 4.79 Å². The minimum atomic E-state index is -0.294. The van der Waals surface area contributed by atoms with Crippen LogP contribution in [0.15, 0.2) is 42.5 Å². The normalized spacial score (nSPS) is 10.9. The van der Waals surface area contributed by atoms with Crippen LogP contribution < -0.4 is 5.32 Å². The zero-order chi connectivity index (χ0) is 16.4. The molecule has 0 aliphatic rings. The van der Waals surface area contributed by atoms with Gasteiger partial charge >= 0.3 is 0 Å². The van der Waals surface area contributed by atoms with Crippen LogP contribution in [-0.4, -0.2) is 10.9 Å². The number of H-pyrrole nitrogens is 1. The van der Waals surface area contributed by atoms with Crippen molar-refractivity contribution in [1.29, 1.82) is 0 Å². The molecule has 0 spiro atoms. The second kappa shape index (κ2) is 6.24. The highest BCUT2D eigenvalue weighted by molar-refractivity contribution is 5.90. The average Bonchev–Trinajstić information content (AvgIpc) is 2.81. The van der Waals surface area contributed by atoms with Gasteiger partial charge in [0.05, 0.1) is 6.42 Å². The highest BCUT2D eigenvalue weighted by atomic mass is 19.1. The SMILES string of the molecule is Cc1cccc(CNC(=O)Cc2c(C)[nH]c3ccc(F)cc23)c1. The number of halogens is 1. The summed E-state index contributed by atoms with van der Waals surface area (Å²) in [7, 11) is 0. The van der Waals surface area contributed by atoms with E-state index in [4.69, 9.17) is 0 Å². The molecule has 1 amide bonds. The molecule has 0 fully saturated rings. The van der Waals surface area contributed by atoms with Crippen LogP contribution in [-0.2, 0) is 17.8 Å². The molecule has 0 saturated carbocycles. The minimum absolute atomic E-state index is 0.0697. The Labute approximate surface area is 134 Å². The van der Waals surface area contributed by atoms with Crippen molar-refractivity contribution in [3.8, 4) is 0 Å². The predicted molar refractivity (Wildman–Crippen MR) is 89.7 cm³/mol. The standard InChI is InChI=1S/C19H19FN2O/c1-12-4-3-5-14(8-12)11-21-19(23)10-16-13(2)22-18-7-6-15(20)9-17(16)18/h3-9,22H,10-11H2,1-2H3,(H,21,23). The van der Waals surface area contributed by atoms with Gasteiger partial charge in [0.15, 0.2) is 0 Å². The van der Waals surface area contributed by atoms with E-state index >= 15 is 0 Å². The number of aromatic nitrogens is 1. The van der Waals surface area contributed by atoms with E-state index in [2.05, 4.69) is 10.3 Å². The summed E-state index contributed by atoms with van der Waals surface area (Å²) in [5.41, 5.74) is 4.84. The number of benzene rings is 2. The van der Waals surface area contributed by atoms with Crippen molar-refractivity contribution in [2.75, 3.05) is 0 Å². The molecule has 118 valence electrons. The molecule has 3 aromatic rings. The van der Waals surface area contributed by atoms with Gasteiger partial charge in [0.2, 0.25) is 5.91 Å². The van der Waals surface area contributed by atoms with Gasteiger partial charge in [-0.25, -0.2) is 4.39 Å². The van der Waals surface area contributed by atoms with E-state index in [1.165, 1.54) is 17.7 Å². The number of fused-ring (bicyclic) bond motifs is 1. The molecule has 0 atom stereocenters. The molecule has 2 aromatic carbocycles. The Morgan fingerprint density at radius 2 is 2.00 bits per heavy atom. The number of aryl methyl sites for hydroxylation is 2. The number of aromatic amines is 1. The second-order valence-corrected chi connectivity index (χ2v) is 5.86. The molecule has 0 unspecified atom stereocenters. The van der Waals surface area contributed by atoms with Gasteiger partial charge in [0, 0.05) is 23.1 Å². The van der Waals surface area contributed by atoms with Gasteiger partial charge in [-0.1, -0.05) is 29.8 Å². The number of nitrogens with one attached hydrogen (secondary N) is 2. The molecule has 0 radical (unpaired) electrons. The highest BCUT2D eigenvalue weighted by Gasteiger charge is 2.13. The number of carbonyl (C=O) groups excluding carboxylic acids is 1. The van der Waals surface area contributed by atoms with Gasteiger partial charge in [-0.15, -0.1) is 0 Å². The lowest BCUT2D eigenvalue weighted by Crippen LogP contribution is -2.24. The Hall–Kier alpha value is -2.62. The summed E-state index contributed by atoms with van der Waals surface area (Å²) in [5, 5.41) is 3.70. The van der Waals surface area contributed by atoms with Crippen molar-refractivity contribution in [3.05, 3.63) is 70.7 Å². The lowest BCUT2D eigenvalue weighted by Gasteiger charge is -2.07. The molecule has 3 nitrogen and oxygen atoms in total. The van der Waals surface area contributed by atoms with Crippen molar-refractivity contribution in [1.82, 2.24) is 10.3 Å². The van der Waals surface area contributed by atoms with Gasteiger partial charge in [-0.05, 0) is 43.2 Å². The van der Waals surface area contributed by atoms with Crippen molar-refractivity contribution in [3.63, 3.8) is 0 Å². The van der Waals surface area contributed by atoms with Gasteiger partial charge in [0.25, 0.3) is 0 Å². The van der Waals surface area contributed by atoms with Gasteiger partial charge in [-0.2, -0.15) is 0 Å². The van der Waals surface area contributed by atoms with Crippen LogP contribution in [0.4, 0.5) is 4.39 Å². The summed E-state index contributed by atoms with van der Waals surface area (Å²) >= 11 is 0. The van der Waals surface area contributed by atoms with E-state index in [9.17, 15) is 9.18 Å². The number of rotatable bonds is 4. The van der Waals surface area contributed by atoms with E-state index in [-0.39, 0.29) is 18.1 Å². The summed E-state index contributed by atoms with van der Waals surface area (Å²) in [4.78, 5) is 15.4. The quantitative estimate of drug-likeness (QED) is 0.757. The maximum absolute atomic E-state index is 13.5. The Balaban J connectivity index is 1.73.